The fraction of sp³-hybridized carbons (Fsp3) is 0.286. The zero-order valence-corrected chi connectivity index (χ0v) is 13.0. The average Bonchev–Trinajstić information content (AvgIpc) is 2.76. The van der Waals surface area contributed by atoms with Crippen LogP contribution in [0.3, 0.4) is 0 Å². The molecule has 2 N–H and O–H groups in total. The molecule has 1 aromatic carbocycles. The Morgan fingerprint density at radius 3 is 2.62 bits per heavy atom. The fourth-order valence-electron chi connectivity index (χ4n) is 1.99. The minimum atomic E-state index is -3.81. The van der Waals surface area contributed by atoms with Crippen molar-refractivity contribution in [2.75, 3.05) is 11.8 Å². The number of nitrogens with zero attached hydrogens (tertiary/aromatic N) is 1. The standard InChI is InChI=1S/C14H18FN3O2S/c1-10-4-5-14(13(15)6-10)17-21(19,20)12-7-11(8-16-2)18(3)9-12/h4-7,9,16-17H,8H2,1-3H3. The molecule has 0 saturated heterocycles. The molecule has 0 saturated carbocycles. The molecule has 0 amide bonds. The van der Waals surface area contributed by atoms with E-state index in [1.54, 1.807) is 37.7 Å². The summed E-state index contributed by atoms with van der Waals surface area (Å²) < 4.78 is 42.3. The first-order valence-corrected chi connectivity index (χ1v) is 7.90. The monoisotopic (exact) mass is 311 g/mol. The number of aryl methyl sites for hydroxylation is 2. The molecular weight excluding hydrogens is 293 g/mol. The van der Waals surface area contributed by atoms with Crippen molar-refractivity contribution in [1.29, 1.82) is 0 Å². The van der Waals surface area contributed by atoms with E-state index in [1.807, 2.05) is 0 Å². The first-order chi connectivity index (χ1) is 9.83. The van der Waals surface area contributed by atoms with Crippen LogP contribution in [-0.2, 0) is 23.6 Å². The van der Waals surface area contributed by atoms with E-state index in [-0.39, 0.29) is 10.6 Å². The van der Waals surface area contributed by atoms with Crippen LogP contribution in [0.15, 0.2) is 35.4 Å². The summed E-state index contributed by atoms with van der Waals surface area (Å²) in [5.74, 6) is -0.593. The van der Waals surface area contributed by atoms with E-state index < -0.39 is 15.8 Å². The van der Waals surface area contributed by atoms with Gasteiger partial charge < -0.3 is 9.88 Å². The van der Waals surface area contributed by atoms with Crippen molar-refractivity contribution < 1.29 is 12.8 Å². The van der Waals surface area contributed by atoms with E-state index in [1.165, 1.54) is 18.3 Å². The summed E-state index contributed by atoms with van der Waals surface area (Å²) in [7, 11) is -0.266. The van der Waals surface area contributed by atoms with Crippen LogP contribution in [-0.4, -0.2) is 20.0 Å². The van der Waals surface area contributed by atoms with E-state index in [0.717, 1.165) is 11.3 Å². The summed E-state index contributed by atoms with van der Waals surface area (Å²) in [6.07, 6.45) is 1.50. The number of rotatable bonds is 5. The van der Waals surface area contributed by atoms with Crippen LogP contribution in [0.1, 0.15) is 11.3 Å². The van der Waals surface area contributed by atoms with E-state index in [4.69, 9.17) is 0 Å². The summed E-state index contributed by atoms with van der Waals surface area (Å²) in [6, 6.07) is 5.91. The van der Waals surface area contributed by atoms with Gasteiger partial charge in [-0.05, 0) is 37.7 Å². The molecule has 0 radical (unpaired) electrons. The van der Waals surface area contributed by atoms with Gasteiger partial charge in [-0.15, -0.1) is 0 Å². The van der Waals surface area contributed by atoms with Crippen LogP contribution in [0, 0.1) is 12.7 Å². The lowest BCUT2D eigenvalue weighted by Gasteiger charge is -2.08. The predicted octanol–water partition coefficient (Wildman–Crippen LogP) is 1.99. The van der Waals surface area contributed by atoms with Gasteiger partial charge in [0.25, 0.3) is 10.0 Å². The molecule has 21 heavy (non-hydrogen) atoms. The fourth-order valence-corrected chi connectivity index (χ4v) is 3.15. The lowest BCUT2D eigenvalue weighted by Crippen LogP contribution is -2.13. The number of halogens is 1. The van der Waals surface area contributed by atoms with Crippen LogP contribution in [0.5, 0.6) is 0 Å². The topological polar surface area (TPSA) is 63.1 Å². The van der Waals surface area contributed by atoms with Gasteiger partial charge in [-0.25, -0.2) is 12.8 Å². The van der Waals surface area contributed by atoms with Crippen molar-refractivity contribution in [1.82, 2.24) is 9.88 Å². The largest absolute Gasteiger partial charge is 0.352 e. The maximum atomic E-state index is 13.8. The molecule has 0 aliphatic rings. The third-order valence-corrected chi connectivity index (χ3v) is 4.45. The summed E-state index contributed by atoms with van der Waals surface area (Å²) in [4.78, 5) is 0.107. The summed E-state index contributed by atoms with van der Waals surface area (Å²) >= 11 is 0. The quantitative estimate of drug-likeness (QED) is 0.887. The molecule has 114 valence electrons. The third kappa shape index (κ3) is 3.43. The number of hydrogen-bond acceptors (Lipinski definition) is 3. The summed E-state index contributed by atoms with van der Waals surface area (Å²) in [5, 5.41) is 2.96. The van der Waals surface area contributed by atoms with Crippen LogP contribution in [0.2, 0.25) is 0 Å². The normalized spacial score (nSPS) is 11.6. The SMILES string of the molecule is CNCc1cc(S(=O)(=O)Nc2ccc(C)cc2F)cn1C. The molecule has 2 aromatic rings. The van der Waals surface area contributed by atoms with Gasteiger partial charge in [0.05, 0.1) is 5.69 Å². The Morgan fingerprint density at radius 1 is 1.29 bits per heavy atom. The second-order valence-electron chi connectivity index (χ2n) is 4.90. The number of aromatic nitrogens is 1. The highest BCUT2D eigenvalue weighted by Crippen LogP contribution is 2.21. The molecule has 0 spiro atoms. The smallest absolute Gasteiger partial charge is 0.263 e. The Kier molecular flexibility index (Phi) is 4.34. The van der Waals surface area contributed by atoms with E-state index in [9.17, 15) is 12.8 Å². The number of nitrogens with one attached hydrogen (secondary N) is 2. The molecular formula is C14H18FN3O2S. The second-order valence-corrected chi connectivity index (χ2v) is 6.58. The van der Waals surface area contributed by atoms with Crippen molar-refractivity contribution in [3.05, 3.63) is 47.5 Å². The molecule has 7 heteroatoms. The highest BCUT2D eigenvalue weighted by molar-refractivity contribution is 7.92. The Morgan fingerprint density at radius 2 is 2.00 bits per heavy atom. The maximum absolute atomic E-state index is 13.8. The second kappa shape index (κ2) is 5.87. The lowest BCUT2D eigenvalue weighted by molar-refractivity contribution is 0.598. The molecule has 2 rings (SSSR count). The Bertz CT molecular complexity index is 754. The average molecular weight is 311 g/mol. The zero-order chi connectivity index (χ0) is 15.6. The van der Waals surface area contributed by atoms with Gasteiger partial charge in [-0.3, -0.25) is 4.72 Å². The van der Waals surface area contributed by atoms with Crippen molar-refractivity contribution in [2.24, 2.45) is 7.05 Å². The van der Waals surface area contributed by atoms with Crippen LogP contribution >= 0.6 is 0 Å². The van der Waals surface area contributed by atoms with Gasteiger partial charge in [0.2, 0.25) is 0 Å². The summed E-state index contributed by atoms with van der Waals surface area (Å²) in [6.45, 7) is 2.29. The van der Waals surface area contributed by atoms with Crippen LogP contribution in [0.4, 0.5) is 10.1 Å². The minimum absolute atomic E-state index is 0.0559. The molecule has 5 nitrogen and oxygen atoms in total. The maximum Gasteiger partial charge on any atom is 0.263 e. The van der Waals surface area contributed by atoms with Gasteiger partial charge in [-0.1, -0.05) is 6.07 Å². The first kappa shape index (κ1) is 15.5. The number of anilines is 1. The Balaban J connectivity index is 2.32. The zero-order valence-electron chi connectivity index (χ0n) is 12.1. The molecule has 0 aliphatic carbocycles. The molecule has 0 unspecified atom stereocenters. The van der Waals surface area contributed by atoms with Crippen molar-refractivity contribution in [3.63, 3.8) is 0 Å². The lowest BCUT2D eigenvalue weighted by atomic mass is 10.2. The molecule has 1 heterocycles. The van der Waals surface area contributed by atoms with Gasteiger partial charge in [0.15, 0.2) is 0 Å². The van der Waals surface area contributed by atoms with Gasteiger partial charge in [0.1, 0.15) is 10.7 Å². The Hall–Kier alpha value is -1.86. The van der Waals surface area contributed by atoms with E-state index >= 15 is 0 Å². The highest BCUT2D eigenvalue weighted by Gasteiger charge is 2.19. The van der Waals surface area contributed by atoms with Crippen molar-refractivity contribution >= 4 is 15.7 Å². The Labute approximate surface area is 123 Å². The van der Waals surface area contributed by atoms with Gasteiger partial charge >= 0.3 is 0 Å². The first-order valence-electron chi connectivity index (χ1n) is 6.42. The molecule has 0 atom stereocenters. The molecule has 0 fully saturated rings. The van der Waals surface area contributed by atoms with Crippen LogP contribution < -0.4 is 10.0 Å². The molecule has 0 bridgehead atoms. The molecule has 1 aromatic heterocycles. The van der Waals surface area contributed by atoms with Gasteiger partial charge in [0, 0.05) is 25.5 Å². The molecule has 0 aliphatic heterocycles. The highest BCUT2D eigenvalue weighted by atomic mass is 32.2. The number of sulfonamides is 1. The van der Waals surface area contributed by atoms with E-state index in [0.29, 0.717) is 6.54 Å². The van der Waals surface area contributed by atoms with Crippen molar-refractivity contribution in [3.8, 4) is 0 Å². The van der Waals surface area contributed by atoms with E-state index in [2.05, 4.69) is 10.0 Å². The van der Waals surface area contributed by atoms with Gasteiger partial charge in [-0.2, -0.15) is 0 Å². The third-order valence-electron chi connectivity index (χ3n) is 3.12. The van der Waals surface area contributed by atoms with Crippen molar-refractivity contribution in [2.45, 2.75) is 18.4 Å². The number of hydrogen-bond donors (Lipinski definition) is 2. The van der Waals surface area contributed by atoms with Crippen LogP contribution in [0.25, 0.3) is 0 Å². The minimum Gasteiger partial charge on any atom is -0.352 e. The predicted molar refractivity (Wildman–Crippen MR) is 80.1 cm³/mol. The number of benzene rings is 1. The summed E-state index contributed by atoms with van der Waals surface area (Å²) in [5.41, 5.74) is 1.49.